The second kappa shape index (κ2) is 9.34. The topological polar surface area (TPSA) is 70.7 Å². The molecule has 1 atom stereocenters. The molecule has 0 radical (unpaired) electrons. The number of halogens is 3. The third kappa shape index (κ3) is 5.63. The molecule has 0 spiro atoms. The number of thioether (sulfide) groups is 1. The number of carbonyl (C=O) groups is 1. The lowest BCUT2D eigenvalue weighted by Gasteiger charge is -2.24. The van der Waals surface area contributed by atoms with Crippen LogP contribution in [0, 0.1) is 5.92 Å². The number of alkyl halides is 3. The molecule has 30 heavy (non-hydrogen) atoms. The quantitative estimate of drug-likeness (QED) is 0.499. The highest BCUT2D eigenvalue weighted by molar-refractivity contribution is 7.98. The van der Waals surface area contributed by atoms with E-state index in [-0.39, 0.29) is 11.8 Å². The van der Waals surface area contributed by atoms with Gasteiger partial charge in [0.15, 0.2) is 5.16 Å². The number of rotatable bonds is 7. The number of aromatic amines is 1. The molecule has 0 bridgehead atoms. The average Bonchev–Trinajstić information content (AvgIpc) is 3.23. The number of carbonyl (C=O) groups excluding carboxylic acids is 1. The van der Waals surface area contributed by atoms with Crippen molar-refractivity contribution in [1.82, 2.24) is 20.5 Å². The van der Waals surface area contributed by atoms with Crippen LogP contribution in [0.1, 0.15) is 46.9 Å². The van der Waals surface area contributed by atoms with E-state index in [1.807, 2.05) is 26.0 Å². The fourth-order valence-corrected chi connectivity index (χ4v) is 3.67. The van der Waals surface area contributed by atoms with E-state index in [9.17, 15) is 18.0 Å². The van der Waals surface area contributed by atoms with Crippen LogP contribution < -0.4 is 5.32 Å². The van der Waals surface area contributed by atoms with E-state index in [1.54, 1.807) is 18.2 Å². The van der Waals surface area contributed by atoms with Gasteiger partial charge in [0.25, 0.3) is 5.91 Å². The summed E-state index contributed by atoms with van der Waals surface area (Å²) in [5, 5.41) is 10.1. The van der Waals surface area contributed by atoms with Gasteiger partial charge in [-0.05, 0) is 41.3 Å². The van der Waals surface area contributed by atoms with Crippen LogP contribution in [-0.2, 0) is 11.9 Å². The zero-order valence-corrected chi connectivity index (χ0v) is 17.2. The van der Waals surface area contributed by atoms with Gasteiger partial charge in [-0.25, -0.2) is 4.98 Å². The summed E-state index contributed by atoms with van der Waals surface area (Å²) in [4.78, 5) is 16.7. The van der Waals surface area contributed by atoms with E-state index in [2.05, 4.69) is 20.5 Å². The molecule has 3 aromatic rings. The van der Waals surface area contributed by atoms with Crippen molar-refractivity contribution in [3.05, 3.63) is 77.1 Å². The molecule has 1 heterocycles. The molecule has 0 aliphatic rings. The molecule has 0 saturated heterocycles. The first-order valence-corrected chi connectivity index (χ1v) is 10.3. The first-order valence-electron chi connectivity index (χ1n) is 9.29. The zero-order chi connectivity index (χ0) is 21.7. The molecule has 9 heteroatoms. The predicted molar refractivity (Wildman–Crippen MR) is 109 cm³/mol. The van der Waals surface area contributed by atoms with Crippen LogP contribution in [0.4, 0.5) is 13.2 Å². The first-order chi connectivity index (χ1) is 14.2. The Bertz CT molecular complexity index is 973. The number of amides is 1. The van der Waals surface area contributed by atoms with Gasteiger partial charge >= 0.3 is 6.18 Å². The lowest BCUT2D eigenvalue weighted by atomic mass is 9.94. The molecular weight excluding hydrogens is 413 g/mol. The van der Waals surface area contributed by atoms with E-state index < -0.39 is 17.8 Å². The summed E-state index contributed by atoms with van der Waals surface area (Å²) in [7, 11) is 0. The molecule has 0 aliphatic carbocycles. The van der Waals surface area contributed by atoms with Crippen molar-refractivity contribution in [3.8, 4) is 0 Å². The first kappa shape index (κ1) is 21.9. The van der Waals surface area contributed by atoms with Gasteiger partial charge in [0.2, 0.25) is 0 Å². The van der Waals surface area contributed by atoms with Crippen molar-refractivity contribution >= 4 is 17.7 Å². The van der Waals surface area contributed by atoms with Gasteiger partial charge in [0.1, 0.15) is 6.33 Å². The number of hydrogen-bond donors (Lipinski definition) is 2. The summed E-state index contributed by atoms with van der Waals surface area (Å²) >= 11 is 1.49. The third-order valence-corrected chi connectivity index (χ3v) is 5.46. The van der Waals surface area contributed by atoms with Crippen LogP contribution in [0.25, 0.3) is 0 Å². The van der Waals surface area contributed by atoms with Crippen molar-refractivity contribution in [3.63, 3.8) is 0 Å². The van der Waals surface area contributed by atoms with Crippen molar-refractivity contribution in [2.24, 2.45) is 5.92 Å². The molecular formula is C21H21F3N4OS. The highest BCUT2D eigenvalue weighted by atomic mass is 32.2. The van der Waals surface area contributed by atoms with Gasteiger partial charge in [0.05, 0.1) is 11.6 Å². The Morgan fingerprint density at radius 3 is 2.50 bits per heavy atom. The Labute approximate surface area is 176 Å². The second-order valence-electron chi connectivity index (χ2n) is 7.09. The molecule has 0 fully saturated rings. The molecule has 5 nitrogen and oxygen atoms in total. The molecule has 0 saturated carbocycles. The summed E-state index contributed by atoms with van der Waals surface area (Å²) in [6.07, 6.45) is -2.99. The maximum absolute atomic E-state index is 13.1. The predicted octanol–water partition coefficient (Wildman–Crippen LogP) is 5.24. The Kier molecular flexibility index (Phi) is 6.81. The van der Waals surface area contributed by atoms with E-state index in [4.69, 9.17) is 0 Å². The number of nitrogens with one attached hydrogen (secondary N) is 2. The fraction of sp³-hybridized carbons (Fsp3) is 0.286. The Hall–Kier alpha value is -2.81. The fourth-order valence-electron chi connectivity index (χ4n) is 2.94. The van der Waals surface area contributed by atoms with Crippen molar-refractivity contribution < 1.29 is 18.0 Å². The SMILES string of the molecule is CC(C)C(NC(=O)c1ccc(CSc2ncn[nH]2)cc1)c1cccc(C(F)(F)F)c1. The number of nitrogens with zero attached hydrogens (tertiary/aromatic N) is 2. The van der Waals surface area contributed by atoms with E-state index in [0.29, 0.717) is 22.0 Å². The van der Waals surface area contributed by atoms with Crippen LogP contribution >= 0.6 is 11.8 Å². The summed E-state index contributed by atoms with van der Waals surface area (Å²) in [6, 6.07) is 11.6. The van der Waals surface area contributed by atoms with Crippen LogP contribution in [-0.4, -0.2) is 21.1 Å². The van der Waals surface area contributed by atoms with Gasteiger partial charge in [0, 0.05) is 11.3 Å². The molecule has 158 valence electrons. The van der Waals surface area contributed by atoms with E-state index >= 15 is 0 Å². The zero-order valence-electron chi connectivity index (χ0n) is 16.4. The van der Waals surface area contributed by atoms with Crippen molar-refractivity contribution in [2.75, 3.05) is 0 Å². The monoisotopic (exact) mass is 434 g/mol. The Balaban J connectivity index is 1.69. The summed E-state index contributed by atoms with van der Waals surface area (Å²) in [6.45, 7) is 3.71. The number of H-pyrrole nitrogens is 1. The van der Waals surface area contributed by atoms with Gasteiger partial charge in [-0.3, -0.25) is 9.89 Å². The maximum atomic E-state index is 13.1. The van der Waals surface area contributed by atoms with Gasteiger partial charge in [-0.15, -0.1) is 0 Å². The highest BCUT2D eigenvalue weighted by Gasteiger charge is 2.31. The summed E-state index contributed by atoms with van der Waals surface area (Å²) in [5.41, 5.74) is 1.15. The Morgan fingerprint density at radius 2 is 1.90 bits per heavy atom. The van der Waals surface area contributed by atoms with Crippen LogP contribution in [0.3, 0.4) is 0 Å². The van der Waals surface area contributed by atoms with E-state index in [1.165, 1.54) is 24.2 Å². The van der Waals surface area contributed by atoms with E-state index in [0.717, 1.165) is 17.7 Å². The van der Waals surface area contributed by atoms with Crippen LogP contribution in [0.2, 0.25) is 0 Å². The maximum Gasteiger partial charge on any atom is 0.416 e. The second-order valence-corrected chi connectivity index (χ2v) is 8.06. The minimum Gasteiger partial charge on any atom is -0.345 e. The minimum atomic E-state index is -4.43. The molecule has 1 amide bonds. The van der Waals surface area contributed by atoms with Crippen molar-refractivity contribution in [1.29, 1.82) is 0 Å². The molecule has 2 aromatic carbocycles. The third-order valence-electron chi connectivity index (χ3n) is 4.51. The van der Waals surface area contributed by atoms with Crippen LogP contribution in [0.5, 0.6) is 0 Å². The molecule has 3 rings (SSSR count). The average molecular weight is 434 g/mol. The lowest BCUT2D eigenvalue weighted by Crippen LogP contribution is -2.32. The molecule has 0 aliphatic heterocycles. The Morgan fingerprint density at radius 1 is 1.17 bits per heavy atom. The standard InChI is InChI=1S/C21H21F3N4OS/c1-13(2)18(16-4-3-5-17(10-16)21(22,23)24)27-19(29)15-8-6-14(7-9-15)11-30-20-25-12-26-28-20/h3-10,12-13,18H,11H2,1-2H3,(H,27,29)(H,25,26,28). The minimum absolute atomic E-state index is 0.0880. The van der Waals surface area contributed by atoms with Gasteiger partial charge in [-0.2, -0.15) is 18.3 Å². The summed E-state index contributed by atoms with van der Waals surface area (Å²) < 4.78 is 39.2. The number of hydrogen-bond acceptors (Lipinski definition) is 4. The molecule has 1 unspecified atom stereocenters. The smallest absolute Gasteiger partial charge is 0.345 e. The largest absolute Gasteiger partial charge is 0.416 e. The van der Waals surface area contributed by atoms with Gasteiger partial charge < -0.3 is 5.32 Å². The van der Waals surface area contributed by atoms with Crippen molar-refractivity contribution in [2.45, 2.75) is 37.0 Å². The van der Waals surface area contributed by atoms with Gasteiger partial charge in [-0.1, -0.05) is 49.9 Å². The highest BCUT2D eigenvalue weighted by Crippen LogP contribution is 2.32. The summed E-state index contributed by atoms with van der Waals surface area (Å²) in [5.74, 6) is 0.242. The number of benzene rings is 2. The number of aromatic nitrogens is 3. The normalized spacial score (nSPS) is 12.7. The van der Waals surface area contributed by atoms with Crippen LogP contribution in [0.15, 0.2) is 60.0 Å². The molecule has 1 aromatic heterocycles. The molecule has 2 N–H and O–H groups in total. The lowest BCUT2D eigenvalue weighted by molar-refractivity contribution is -0.137.